The topological polar surface area (TPSA) is 110 Å². The van der Waals surface area contributed by atoms with Crippen molar-refractivity contribution in [1.82, 2.24) is 4.90 Å². The van der Waals surface area contributed by atoms with Gasteiger partial charge in [-0.1, -0.05) is 6.07 Å². The van der Waals surface area contributed by atoms with Gasteiger partial charge in [-0.05, 0) is 47.4 Å². The van der Waals surface area contributed by atoms with E-state index in [-0.39, 0.29) is 17.8 Å². The van der Waals surface area contributed by atoms with Crippen molar-refractivity contribution in [3.8, 4) is 23.0 Å². The highest BCUT2D eigenvalue weighted by Gasteiger charge is 2.61. The largest absolute Gasteiger partial charge is 0.493 e. The van der Waals surface area contributed by atoms with Gasteiger partial charge >= 0.3 is 11.9 Å². The van der Waals surface area contributed by atoms with Crippen molar-refractivity contribution in [1.29, 1.82) is 0 Å². The Morgan fingerprint density at radius 1 is 0.778 bits per heavy atom. The molecule has 4 rings (SSSR count). The van der Waals surface area contributed by atoms with Crippen LogP contribution in [0.15, 0.2) is 41.6 Å². The number of fused-ring (bicyclic) bond motifs is 3. The van der Waals surface area contributed by atoms with Gasteiger partial charge in [-0.3, -0.25) is 4.79 Å². The van der Waals surface area contributed by atoms with Crippen LogP contribution in [0.4, 0.5) is 0 Å². The summed E-state index contributed by atoms with van der Waals surface area (Å²) in [5.41, 5.74) is -0.379. The van der Waals surface area contributed by atoms with E-state index in [0.717, 1.165) is 12.7 Å². The number of nitrogens with zero attached hydrogens (tertiary/aromatic N) is 1. The summed E-state index contributed by atoms with van der Waals surface area (Å²) in [6, 6.07) is 8.52. The lowest BCUT2D eigenvalue weighted by molar-refractivity contribution is -0.140. The van der Waals surface area contributed by atoms with Crippen molar-refractivity contribution in [2.24, 2.45) is 0 Å². The average Bonchev–Trinajstić information content (AvgIpc) is 3.20. The Morgan fingerprint density at radius 2 is 1.36 bits per heavy atom. The van der Waals surface area contributed by atoms with Crippen molar-refractivity contribution < 1.29 is 42.8 Å². The average molecular weight is 498 g/mol. The number of hydrogen-bond donors (Lipinski definition) is 0. The van der Waals surface area contributed by atoms with Gasteiger partial charge < -0.3 is 33.3 Å². The molecule has 0 spiro atoms. The number of Topliss-reactive ketones (excluding diaryl/α,β-unsaturated/α-hetero) is 1. The zero-order chi connectivity index (χ0) is 26.2. The number of esters is 2. The van der Waals surface area contributed by atoms with Gasteiger partial charge in [0.25, 0.3) is 0 Å². The number of methoxy groups -OCH3 is 6. The highest BCUT2D eigenvalue weighted by atomic mass is 16.5. The molecule has 0 amide bonds. The molecule has 1 atom stereocenters. The molecule has 10 heteroatoms. The molecule has 0 fully saturated rings. The molecule has 36 heavy (non-hydrogen) atoms. The molecule has 0 bridgehead atoms. The highest BCUT2D eigenvalue weighted by molar-refractivity contribution is 6.28. The number of carbonyl (C=O) groups is 3. The van der Waals surface area contributed by atoms with Crippen LogP contribution in [-0.2, 0) is 35.8 Å². The van der Waals surface area contributed by atoms with Gasteiger partial charge in [-0.25, -0.2) is 9.59 Å². The monoisotopic (exact) mass is 497 g/mol. The van der Waals surface area contributed by atoms with Crippen LogP contribution in [0.25, 0.3) is 0 Å². The number of rotatable bonds is 7. The van der Waals surface area contributed by atoms with Crippen molar-refractivity contribution in [3.05, 3.63) is 58.3 Å². The van der Waals surface area contributed by atoms with Gasteiger partial charge in [0.05, 0.1) is 42.7 Å². The second kappa shape index (κ2) is 9.44. The minimum Gasteiger partial charge on any atom is -0.493 e. The summed E-state index contributed by atoms with van der Waals surface area (Å²) in [5.74, 6) is -0.686. The van der Waals surface area contributed by atoms with E-state index in [4.69, 9.17) is 28.4 Å². The van der Waals surface area contributed by atoms with Crippen LogP contribution >= 0.6 is 0 Å². The third kappa shape index (κ3) is 3.35. The zero-order valence-corrected chi connectivity index (χ0v) is 20.9. The molecular weight excluding hydrogens is 470 g/mol. The fraction of sp³-hybridized carbons (Fsp3) is 0.346. The number of ether oxygens (including phenoxy) is 6. The minimum absolute atomic E-state index is 0.162. The van der Waals surface area contributed by atoms with E-state index in [1.54, 1.807) is 35.2 Å². The summed E-state index contributed by atoms with van der Waals surface area (Å²) < 4.78 is 31.8. The Balaban J connectivity index is 2.12. The SMILES string of the molecule is COC(=O)C1=C(C(=O)OC)N2CCc3cc(OC)c(OC)cc3C2(c2ccc(OC)c(OC)c2)C1=O. The molecule has 190 valence electrons. The Kier molecular flexibility index (Phi) is 6.53. The number of benzene rings is 2. The van der Waals surface area contributed by atoms with Crippen molar-refractivity contribution in [2.45, 2.75) is 12.0 Å². The van der Waals surface area contributed by atoms with Crippen molar-refractivity contribution in [3.63, 3.8) is 0 Å². The van der Waals surface area contributed by atoms with Crippen LogP contribution in [0.5, 0.6) is 23.0 Å². The van der Waals surface area contributed by atoms with Gasteiger partial charge in [0.1, 0.15) is 11.3 Å². The van der Waals surface area contributed by atoms with E-state index >= 15 is 0 Å². The van der Waals surface area contributed by atoms with E-state index in [9.17, 15) is 14.4 Å². The maximum Gasteiger partial charge on any atom is 0.355 e. The van der Waals surface area contributed by atoms with Crippen LogP contribution in [0.3, 0.4) is 0 Å². The molecule has 2 aromatic rings. The second-order valence-electron chi connectivity index (χ2n) is 8.08. The first-order valence-electron chi connectivity index (χ1n) is 11.0. The molecule has 10 nitrogen and oxygen atoms in total. The van der Waals surface area contributed by atoms with Crippen LogP contribution < -0.4 is 18.9 Å². The van der Waals surface area contributed by atoms with Crippen LogP contribution in [0.2, 0.25) is 0 Å². The lowest BCUT2D eigenvalue weighted by Gasteiger charge is -2.45. The van der Waals surface area contributed by atoms with Gasteiger partial charge in [-0.2, -0.15) is 0 Å². The summed E-state index contributed by atoms with van der Waals surface area (Å²) in [6.45, 7) is 0.230. The summed E-state index contributed by atoms with van der Waals surface area (Å²) in [7, 11) is 8.34. The number of carbonyl (C=O) groups excluding carboxylic acids is 3. The Labute approximate surface area is 208 Å². The Bertz CT molecular complexity index is 1280. The fourth-order valence-corrected chi connectivity index (χ4v) is 5.06. The third-order valence-corrected chi connectivity index (χ3v) is 6.64. The number of hydrogen-bond acceptors (Lipinski definition) is 10. The summed E-state index contributed by atoms with van der Waals surface area (Å²) in [6.07, 6.45) is 0.451. The van der Waals surface area contributed by atoms with Crippen LogP contribution in [0.1, 0.15) is 16.7 Å². The maximum absolute atomic E-state index is 14.4. The third-order valence-electron chi connectivity index (χ3n) is 6.64. The minimum atomic E-state index is -1.61. The lowest BCUT2D eigenvalue weighted by Crippen LogP contribution is -2.52. The maximum atomic E-state index is 14.4. The first kappa shape index (κ1) is 24.9. The van der Waals surface area contributed by atoms with Gasteiger partial charge in [0.2, 0.25) is 5.78 Å². The smallest absolute Gasteiger partial charge is 0.355 e. The van der Waals surface area contributed by atoms with E-state index < -0.39 is 23.3 Å². The van der Waals surface area contributed by atoms with E-state index in [2.05, 4.69) is 0 Å². The van der Waals surface area contributed by atoms with Crippen molar-refractivity contribution >= 4 is 17.7 Å². The first-order chi connectivity index (χ1) is 17.3. The molecular formula is C26H27NO9. The first-order valence-corrected chi connectivity index (χ1v) is 11.0. The van der Waals surface area contributed by atoms with E-state index in [0.29, 0.717) is 40.5 Å². The van der Waals surface area contributed by atoms with Crippen LogP contribution in [0, 0.1) is 0 Å². The second-order valence-corrected chi connectivity index (χ2v) is 8.08. The molecule has 2 aliphatic rings. The molecule has 2 aliphatic heterocycles. The standard InChI is InChI=1S/C26H27NO9/c1-31-17-8-7-15(12-19(17)33-3)26-16-13-20(34-4)18(32-2)11-14(16)9-10-27(26)22(25(30)36-6)21(23(26)28)24(29)35-5/h7-8,11-13H,9-10H2,1-6H3. The highest BCUT2D eigenvalue weighted by Crippen LogP contribution is 2.53. The molecule has 0 N–H and O–H groups in total. The van der Waals surface area contributed by atoms with Gasteiger partial charge in [-0.15, -0.1) is 0 Å². The van der Waals surface area contributed by atoms with E-state index in [1.165, 1.54) is 35.5 Å². The number of ketones is 1. The molecule has 2 aromatic carbocycles. The molecule has 2 heterocycles. The van der Waals surface area contributed by atoms with Gasteiger partial charge in [0.15, 0.2) is 28.5 Å². The van der Waals surface area contributed by atoms with E-state index in [1.807, 2.05) is 0 Å². The molecule has 0 saturated heterocycles. The zero-order valence-electron chi connectivity index (χ0n) is 20.9. The van der Waals surface area contributed by atoms with Gasteiger partial charge in [0, 0.05) is 6.54 Å². The molecule has 0 radical (unpaired) electrons. The molecule has 0 saturated carbocycles. The Hall–Kier alpha value is -4.21. The lowest BCUT2D eigenvalue weighted by atomic mass is 9.73. The Morgan fingerprint density at radius 3 is 1.94 bits per heavy atom. The molecule has 0 aliphatic carbocycles. The predicted octanol–water partition coefficient (Wildman–Crippen LogP) is 2.01. The summed E-state index contributed by atoms with van der Waals surface area (Å²) in [4.78, 5) is 41.9. The molecule has 1 unspecified atom stereocenters. The predicted molar refractivity (Wildman–Crippen MR) is 126 cm³/mol. The fourth-order valence-electron chi connectivity index (χ4n) is 5.06. The van der Waals surface area contributed by atoms with Crippen LogP contribution in [-0.4, -0.2) is 71.8 Å². The quantitative estimate of drug-likeness (QED) is 0.416. The molecule has 0 aromatic heterocycles. The summed E-state index contributed by atoms with van der Waals surface area (Å²) in [5, 5.41) is 0. The normalized spacial score (nSPS) is 18.3. The summed E-state index contributed by atoms with van der Waals surface area (Å²) >= 11 is 0. The van der Waals surface area contributed by atoms with Crippen molar-refractivity contribution in [2.75, 3.05) is 49.2 Å².